The van der Waals surface area contributed by atoms with Gasteiger partial charge in [0.15, 0.2) is 0 Å². The number of likely N-dealkylation sites (tertiary alicyclic amines) is 1. The molecule has 5 nitrogen and oxygen atoms in total. The van der Waals surface area contributed by atoms with Crippen LogP contribution in [0.1, 0.15) is 29.6 Å². The third kappa shape index (κ3) is 4.71. The van der Waals surface area contributed by atoms with E-state index in [0.29, 0.717) is 25.1 Å². The lowest BCUT2D eigenvalue weighted by Gasteiger charge is -2.28. The molecule has 0 saturated carbocycles. The summed E-state index contributed by atoms with van der Waals surface area (Å²) in [5, 5.41) is 0. The topological polar surface area (TPSA) is 43.9 Å². The summed E-state index contributed by atoms with van der Waals surface area (Å²) in [5.41, 5.74) is 4.04. The summed E-state index contributed by atoms with van der Waals surface area (Å²) in [7, 11) is 5.84. The minimum Gasteiger partial charge on any atom is -0.378 e. The van der Waals surface area contributed by atoms with Crippen molar-refractivity contribution >= 4 is 17.5 Å². The number of anilines is 1. The molecule has 1 fully saturated rings. The van der Waals surface area contributed by atoms with Gasteiger partial charge in [0, 0.05) is 58.4 Å². The number of hydrogen-bond acceptors (Lipinski definition) is 3. The molecule has 2 aromatic rings. The van der Waals surface area contributed by atoms with Crippen LogP contribution in [0, 0.1) is 0 Å². The Balaban J connectivity index is 1.60. The van der Waals surface area contributed by atoms with Gasteiger partial charge in [-0.15, -0.1) is 0 Å². The number of carbonyl (C=O) groups excluding carboxylic acids is 2. The van der Waals surface area contributed by atoms with Gasteiger partial charge in [-0.1, -0.05) is 24.3 Å². The largest absolute Gasteiger partial charge is 0.378 e. The van der Waals surface area contributed by atoms with E-state index in [1.54, 1.807) is 11.9 Å². The van der Waals surface area contributed by atoms with Gasteiger partial charge in [-0.25, -0.2) is 0 Å². The molecule has 0 aromatic heterocycles. The zero-order chi connectivity index (χ0) is 20.1. The first kappa shape index (κ1) is 19.9. The number of rotatable bonds is 6. The maximum Gasteiger partial charge on any atom is 0.253 e. The highest BCUT2D eigenvalue weighted by Gasteiger charge is 2.19. The van der Waals surface area contributed by atoms with Crippen LogP contribution < -0.4 is 4.90 Å². The molecule has 0 unspecified atom stereocenters. The Morgan fingerprint density at radius 1 is 0.929 bits per heavy atom. The van der Waals surface area contributed by atoms with E-state index < -0.39 is 0 Å². The standard InChI is InChI=1S/C23H29N3O2/c1-24(2)21-13-11-19(12-14-21)18-7-9-20(10-8-18)23(28)25(3)16-17-26-15-5-4-6-22(26)27/h7-14H,4-6,15-17H2,1-3H3. The molecule has 1 aliphatic heterocycles. The highest BCUT2D eigenvalue weighted by molar-refractivity contribution is 5.94. The number of amides is 2. The van der Waals surface area contributed by atoms with Gasteiger partial charge in [0.05, 0.1) is 0 Å². The van der Waals surface area contributed by atoms with Crippen molar-refractivity contribution in [3.8, 4) is 11.1 Å². The summed E-state index contributed by atoms with van der Waals surface area (Å²) < 4.78 is 0. The first-order chi connectivity index (χ1) is 13.5. The number of nitrogens with zero attached hydrogens (tertiary/aromatic N) is 3. The van der Waals surface area contributed by atoms with Crippen LogP contribution in [0.4, 0.5) is 5.69 Å². The van der Waals surface area contributed by atoms with Gasteiger partial charge in [0.25, 0.3) is 5.91 Å². The van der Waals surface area contributed by atoms with Gasteiger partial charge in [-0.2, -0.15) is 0 Å². The highest BCUT2D eigenvalue weighted by Crippen LogP contribution is 2.23. The number of hydrogen-bond donors (Lipinski definition) is 0. The molecule has 1 saturated heterocycles. The maximum absolute atomic E-state index is 12.7. The fourth-order valence-corrected chi connectivity index (χ4v) is 3.45. The average Bonchev–Trinajstić information content (AvgIpc) is 2.72. The summed E-state index contributed by atoms with van der Waals surface area (Å²) in [6, 6.07) is 16.1. The van der Waals surface area contributed by atoms with Crippen molar-refractivity contribution in [2.24, 2.45) is 0 Å². The molecule has 28 heavy (non-hydrogen) atoms. The lowest BCUT2D eigenvalue weighted by Crippen LogP contribution is -2.41. The van der Waals surface area contributed by atoms with Gasteiger partial charge in [0.1, 0.15) is 0 Å². The summed E-state index contributed by atoms with van der Waals surface area (Å²) >= 11 is 0. The number of piperidine rings is 1. The van der Waals surface area contributed by atoms with Gasteiger partial charge < -0.3 is 14.7 Å². The molecule has 0 bridgehead atoms. The minimum absolute atomic E-state index is 0.0148. The molecule has 0 radical (unpaired) electrons. The Hall–Kier alpha value is -2.82. The smallest absolute Gasteiger partial charge is 0.253 e. The zero-order valence-electron chi connectivity index (χ0n) is 17.0. The summed E-state index contributed by atoms with van der Waals surface area (Å²) in [5.74, 6) is 0.190. The first-order valence-corrected chi connectivity index (χ1v) is 9.87. The Kier molecular flexibility index (Phi) is 6.34. The van der Waals surface area contributed by atoms with E-state index in [2.05, 4.69) is 29.2 Å². The lowest BCUT2D eigenvalue weighted by atomic mass is 10.0. The molecular weight excluding hydrogens is 350 g/mol. The Morgan fingerprint density at radius 3 is 2.11 bits per heavy atom. The molecule has 2 amide bonds. The van der Waals surface area contributed by atoms with E-state index in [1.165, 1.54) is 0 Å². The van der Waals surface area contributed by atoms with Crippen LogP contribution in [-0.2, 0) is 4.79 Å². The SMILES string of the molecule is CN(CCN1CCCCC1=O)C(=O)c1ccc(-c2ccc(N(C)C)cc2)cc1. The molecule has 0 aliphatic carbocycles. The predicted molar refractivity (Wildman–Crippen MR) is 114 cm³/mol. The maximum atomic E-state index is 12.7. The number of carbonyl (C=O) groups is 2. The van der Waals surface area contributed by atoms with E-state index in [9.17, 15) is 9.59 Å². The van der Waals surface area contributed by atoms with Gasteiger partial charge >= 0.3 is 0 Å². The highest BCUT2D eigenvalue weighted by atomic mass is 16.2. The van der Waals surface area contributed by atoms with Crippen molar-refractivity contribution in [1.29, 1.82) is 0 Å². The molecule has 148 valence electrons. The van der Waals surface area contributed by atoms with E-state index in [-0.39, 0.29) is 11.8 Å². The molecule has 1 aliphatic rings. The predicted octanol–water partition coefficient (Wildman–Crippen LogP) is 3.50. The molecule has 5 heteroatoms. The van der Waals surface area contributed by atoms with Crippen LogP contribution in [0.2, 0.25) is 0 Å². The zero-order valence-corrected chi connectivity index (χ0v) is 17.0. The van der Waals surface area contributed by atoms with Crippen molar-refractivity contribution in [2.45, 2.75) is 19.3 Å². The van der Waals surface area contributed by atoms with E-state index >= 15 is 0 Å². The van der Waals surface area contributed by atoms with Crippen LogP contribution in [0.15, 0.2) is 48.5 Å². The molecule has 3 rings (SSSR count). The summed E-state index contributed by atoms with van der Waals surface area (Å²) in [6.45, 7) is 1.97. The van der Waals surface area contributed by atoms with Crippen LogP contribution in [0.5, 0.6) is 0 Å². The lowest BCUT2D eigenvalue weighted by molar-refractivity contribution is -0.133. The molecule has 0 atom stereocenters. The van der Waals surface area contributed by atoms with Crippen LogP contribution in [0.25, 0.3) is 11.1 Å². The first-order valence-electron chi connectivity index (χ1n) is 9.87. The Labute approximate surface area is 167 Å². The summed E-state index contributed by atoms with van der Waals surface area (Å²) in [4.78, 5) is 30.2. The Morgan fingerprint density at radius 2 is 1.54 bits per heavy atom. The van der Waals surface area contributed by atoms with Crippen molar-refractivity contribution in [3.63, 3.8) is 0 Å². The second-order valence-electron chi connectivity index (χ2n) is 7.58. The van der Waals surface area contributed by atoms with Crippen molar-refractivity contribution in [1.82, 2.24) is 9.80 Å². The van der Waals surface area contributed by atoms with E-state index in [0.717, 1.165) is 36.2 Å². The second kappa shape index (κ2) is 8.91. The normalized spacial score (nSPS) is 14.1. The van der Waals surface area contributed by atoms with Crippen molar-refractivity contribution in [3.05, 3.63) is 54.1 Å². The summed E-state index contributed by atoms with van der Waals surface area (Å²) in [6.07, 6.45) is 2.67. The quantitative estimate of drug-likeness (QED) is 0.772. The van der Waals surface area contributed by atoms with Gasteiger partial charge in [0.2, 0.25) is 5.91 Å². The van der Waals surface area contributed by atoms with Crippen molar-refractivity contribution in [2.75, 3.05) is 45.7 Å². The Bertz CT molecular complexity index is 813. The van der Waals surface area contributed by atoms with Crippen LogP contribution in [0.3, 0.4) is 0 Å². The third-order valence-corrected chi connectivity index (χ3v) is 5.32. The molecule has 1 heterocycles. The van der Waals surface area contributed by atoms with E-state index in [1.807, 2.05) is 43.3 Å². The monoisotopic (exact) mass is 379 g/mol. The molecule has 0 N–H and O–H groups in total. The van der Waals surface area contributed by atoms with Gasteiger partial charge in [-0.05, 0) is 48.2 Å². The second-order valence-corrected chi connectivity index (χ2v) is 7.58. The van der Waals surface area contributed by atoms with Gasteiger partial charge in [-0.3, -0.25) is 9.59 Å². The van der Waals surface area contributed by atoms with Crippen LogP contribution >= 0.6 is 0 Å². The molecule has 2 aromatic carbocycles. The third-order valence-electron chi connectivity index (χ3n) is 5.32. The van der Waals surface area contributed by atoms with E-state index in [4.69, 9.17) is 0 Å². The fourth-order valence-electron chi connectivity index (χ4n) is 3.45. The molecule has 0 spiro atoms. The average molecular weight is 380 g/mol. The number of benzene rings is 2. The fraction of sp³-hybridized carbons (Fsp3) is 0.391. The van der Waals surface area contributed by atoms with Crippen molar-refractivity contribution < 1.29 is 9.59 Å². The minimum atomic E-state index is -0.0148. The molecular formula is C23H29N3O2. The van der Waals surface area contributed by atoms with Crippen LogP contribution in [-0.4, -0.2) is 62.4 Å². The number of likely N-dealkylation sites (N-methyl/N-ethyl adjacent to an activating group) is 1.